The van der Waals surface area contributed by atoms with Crippen molar-refractivity contribution in [3.05, 3.63) is 18.2 Å². The van der Waals surface area contributed by atoms with Crippen LogP contribution in [0, 0.1) is 0 Å². The molecule has 0 saturated heterocycles. The first-order chi connectivity index (χ1) is 7.59. The summed E-state index contributed by atoms with van der Waals surface area (Å²) in [4.78, 5) is 4.17. The molecular weight excluding hydrogens is 206 g/mol. The Morgan fingerprint density at radius 1 is 1.56 bits per heavy atom. The Morgan fingerprint density at radius 2 is 2.31 bits per heavy atom. The van der Waals surface area contributed by atoms with Gasteiger partial charge in [-0.2, -0.15) is 0 Å². The van der Waals surface area contributed by atoms with Gasteiger partial charge in [-0.1, -0.05) is 0 Å². The number of rotatable bonds is 7. The SMILES string of the molecule is CC(C)OCC(O)CNCc1nccn1C. The van der Waals surface area contributed by atoms with Gasteiger partial charge < -0.3 is 19.7 Å². The van der Waals surface area contributed by atoms with Crippen LogP contribution in [-0.4, -0.2) is 40.0 Å². The zero-order valence-electron chi connectivity index (χ0n) is 10.2. The standard InChI is InChI=1S/C11H21N3O2/c1-9(2)16-8-10(15)6-12-7-11-13-4-5-14(11)3/h4-5,9-10,12,15H,6-8H2,1-3H3. The largest absolute Gasteiger partial charge is 0.389 e. The molecule has 0 aromatic carbocycles. The normalized spacial score (nSPS) is 13.3. The molecular formula is C11H21N3O2. The van der Waals surface area contributed by atoms with Crippen molar-refractivity contribution in [2.45, 2.75) is 32.6 Å². The highest BCUT2D eigenvalue weighted by atomic mass is 16.5. The third kappa shape index (κ3) is 4.74. The van der Waals surface area contributed by atoms with Crippen molar-refractivity contribution in [2.75, 3.05) is 13.2 Å². The molecule has 1 aromatic heterocycles. The van der Waals surface area contributed by atoms with Gasteiger partial charge in [0.2, 0.25) is 0 Å². The van der Waals surface area contributed by atoms with Crippen LogP contribution < -0.4 is 5.32 Å². The van der Waals surface area contributed by atoms with Crippen molar-refractivity contribution >= 4 is 0 Å². The van der Waals surface area contributed by atoms with Gasteiger partial charge in [-0.05, 0) is 13.8 Å². The van der Waals surface area contributed by atoms with Gasteiger partial charge in [-0.15, -0.1) is 0 Å². The number of aliphatic hydroxyl groups is 1. The minimum absolute atomic E-state index is 0.157. The second-order valence-corrected chi connectivity index (χ2v) is 4.12. The number of aliphatic hydroxyl groups excluding tert-OH is 1. The van der Waals surface area contributed by atoms with Crippen LogP contribution in [0.1, 0.15) is 19.7 Å². The summed E-state index contributed by atoms with van der Waals surface area (Å²) in [5.41, 5.74) is 0. The molecule has 1 rings (SSSR count). The summed E-state index contributed by atoms with van der Waals surface area (Å²) in [6.45, 7) is 5.44. The fourth-order valence-corrected chi connectivity index (χ4v) is 1.28. The Kier molecular flexibility index (Phi) is 5.45. The molecule has 5 nitrogen and oxygen atoms in total. The summed E-state index contributed by atoms with van der Waals surface area (Å²) in [5.74, 6) is 0.956. The van der Waals surface area contributed by atoms with E-state index in [4.69, 9.17) is 4.74 Å². The van der Waals surface area contributed by atoms with E-state index >= 15 is 0 Å². The van der Waals surface area contributed by atoms with Crippen LogP contribution in [0.15, 0.2) is 12.4 Å². The highest BCUT2D eigenvalue weighted by Crippen LogP contribution is 1.94. The topological polar surface area (TPSA) is 59.3 Å². The molecule has 5 heteroatoms. The molecule has 0 aliphatic heterocycles. The maximum Gasteiger partial charge on any atom is 0.122 e. The van der Waals surface area contributed by atoms with Crippen LogP contribution in [0.3, 0.4) is 0 Å². The van der Waals surface area contributed by atoms with Crippen molar-refractivity contribution in [3.8, 4) is 0 Å². The summed E-state index contributed by atoms with van der Waals surface area (Å²) in [5, 5.41) is 12.7. The van der Waals surface area contributed by atoms with Gasteiger partial charge in [0.15, 0.2) is 0 Å². The number of ether oxygens (including phenoxy) is 1. The Balaban J connectivity index is 2.13. The van der Waals surface area contributed by atoms with Crippen molar-refractivity contribution in [2.24, 2.45) is 7.05 Å². The van der Waals surface area contributed by atoms with E-state index in [1.807, 2.05) is 31.7 Å². The molecule has 92 valence electrons. The summed E-state index contributed by atoms with van der Waals surface area (Å²) in [7, 11) is 1.95. The highest BCUT2D eigenvalue weighted by molar-refractivity contribution is 4.90. The molecule has 0 aliphatic carbocycles. The predicted molar refractivity (Wildman–Crippen MR) is 62.0 cm³/mol. The zero-order chi connectivity index (χ0) is 12.0. The molecule has 0 amide bonds. The molecule has 0 spiro atoms. The summed E-state index contributed by atoms with van der Waals surface area (Å²) in [6, 6.07) is 0. The van der Waals surface area contributed by atoms with Crippen LogP contribution in [0.25, 0.3) is 0 Å². The molecule has 2 N–H and O–H groups in total. The van der Waals surface area contributed by atoms with E-state index in [1.54, 1.807) is 6.20 Å². The number of aromatic nitrogens is 2. The second kappa shape index (κ2) is 6.62. The Morgan fingerprint density at radius 3 is 2.88 bits per heavy atom. The predicted octanol–water partition coefficient (Wildman–Crippen LogP) is 0.296. The van der Waals surface area contributed by atoms with E-state index in [1.165, 1.54) is 0 Å². The summed E-state index contributed by atoms with van der Waals surface area (Å²) < 4.78 is 7.25. The lowest BCUT2D eigenvalue weighted by molar-refractivity contribution is 0.00623. The van der Waals surface area contributed by atoms with Crippen LogP contribution in [0.5, 0.6) is 0 Å². The highest BCUT2D eigenvalue weighted by Gasteiger charge is 2.06. The lowest BCUT2D eigenvalue weighted by Crippen LogP contribution is -2.31. The quantitative estimate of drug-likeness (QED) is 0.703. The van der Waals surface area contributed by atoms with Gasteiger partial charge in [-0.3, -0.25) is 0 Å². The van der Waals surface area contributed by atoms with E-state index in [2.05, 4.69) is 10.3 Å². The van der Waals surface area contributed by atoms with Gasteiger partial charge in [0, 0.05) is 26.0 Å². The van der Waals surface area contributed by atoms with Crippen LogP contribution in [-0.2, 0) is 18.3 Å². The van der Waals surface area contributed by atoms with Crippen LogP contribution in [0.2, 0.25) is 0 Å². The van der Waals surface area contributed by atoms with Gasteiger partial charge in [0.05, 0.1) is 25.4 Å². The van der Waals surface area contributed by atoms with E-state index in [-0.39, 0.29) is 6.10 Å². The number of hydrogen-bond donors (Lipinski definition) is 2. The van der Waals surface area contributed by atoms with Crippen molar-refractivity contribution in [1.29, 1.82) is 0 Å². The molecule has 1 heterocycles. The van der Waals surface area contributed by atoms with Gasteiger partial charge in [-0.25, -0.2) is 4.98 Å². The first kappa shape index (κ1) is 13.2. The molecule has 16 heavy (non-hydrogen) atoms. The average Bonchev–Trinajstić information content (AvgIpc) is 2.61. The van der Waals surface area contributed by atoms with Crippen molar-refractivity contribution < 1.29 is 9.84 Å². The number of nitrogens with zero attached hydrogens (tertiary/aromatic N) is 2. The molecule has 0 bridgehead atoms. The van der Waals surface area contributed by atoms with Crippen LogP contribution in [0.4, 0.5) is 0 Å². The third-order valence-corrected chi connectivity index (χ3v) is 2.21. The maximum absolute atomic E-state index is 9.58. The second-order valence-electron chi connectivity index (χ2n) is 4.12. The minimum Gasteiger partial charge on any atom is -0.389 e. The lowest BCUT2D eigenvalue weighted by Gasteiger charge is -2.14. The summed E-state index contributed by atoms with van der Waals surface area (Å²) >= 11 is 0. The first-order valence-electron chi connectivity index (χ1n) is 5.56. The average molecular weight is 227 g/mol. The molecule has 0 saturated carbocycles. The van der Waals surface area contributed by atoms with Gasteiger partial charge in [0.25, 0.3) is 0 Å². The summed E-state index contributed by atoms with van der Waals surface area (Å²) in [6.07, 6.45) is 3.34. The number of hydrogen-bond acceptors (Lipinski definition) is 4. The molecule has 1 atom stereocenters. The fraction of sp³-hybridized carbons (Fsp3) is 0.727. The number of aryl methyl sites for hydroxylation is 1. The Hall–Kier alpha value is -0.910. The monoisotopic (exact) mass is 227 g/mol. The fourth-order valence-electron chi connectivity index (χ4n) is 1.28. The maximum atomic E-state index is 9.58. The molecule has 0 fully saturated rings. The van der Waals surface area contributed by atoms with E-state index in [0.29, 0.717) is 19.7 Å². The Bertz CT molecular complexity index is 299. The van der Waals surface area contributed by atoms with E-state index < -0.39 is 6.10 Å². The van der Waals surface area contributed by atoms with E-state index in [0.717, 1.165) is 5.82 Å². The lowest BCUT2D eigenvalue weighted by atomic mass is 10.3. The molecule has 0 aliphatic rings. The number of imidazole rings is 1. The van der Waals surface area contributed by atoms with Crippen LogP contribution >= 0.6 is 0 Å². The smallest absolute Gasteiger partial charge is 0.122 e. The zero-order valence-corrected chi connectivity index (χ0v) is 10.2. The molecule has 1 aromatic rings. The van der Waals surface area contributed by atoms with Crippen molar-refractivity contribution in [1.82, 2.24) is 14.9 Å². The molecule has 0 radical (unpaired) electrons. The molecule has 1 unspecified atom stereocenters. The van der Waals surface area contributed by atoms with E-state index in [9.17, 15) is 5.11 Å². The minimum atomic E-state index is -0.470. The Labute approximate surface area is 96.4 Å². The third-order valence-electron chi connectivity index (χ3n) is 2.21. The van der Waals surface area contributed by atoms with Gasteiger partial charge >= 0.3 is 0 Å². The van der Waals surface area contributed by atoms with Crippen molar-refractivity contribution in [3.63, 3.8) is 0 Å². The van der Waals surface area contributed by atoms with Gasteiger partial charge in [0.1, 0.15) is 5.82 Å². The first-order valence-corrected chi connectivity index (χ1v) is 5.56. The number of nitrogens with one attached hydrogen (secondary N) is 1.